The van der Waals surface area contributed by atoms with Gasteiger partial charge in [0.05, 0.1) is 12.6 Å². The second-order valence-electron chi connectivity index (χ2n) is 6.53. The van der Waals surface area contributed by atoms with E-state index in [-0.39, 0.29) is 5.91 Å². The zero-order chi connectivity index (χ0) is 14.6. The SMILES string of the molecule is CC(C)CC(C)N(C)CC(=O)NC(C)(C#N)C1CC1. The predicted octanol–water partition coefficient (Wildman–Crippen LogP) is 2.16. The number of likely N-dealkylation sites (N-methyl/N-ethyl adjacent to an activating group) is 1. The molecule has 1 saturated carbocycles. The van der Waals surface area contributed by atoms with Crippen LogP contribution < -0.4 is 5.32 Å². The van der Waals surface area contributed by atoms with E-state index in [1.54, 1.807) is 0 Å². The summed E-state index contributed by atoms with van der Waals surface area (Å²) in [5.74, 6) is 0.908. The number of carbonyl (C=O) groups is 1. The van der Waals surface area contributed by atoms with E-state index >= 15 is 0 Å². The Kier molecular flexibility index (Phi) is 5.37. The predicted molar refractivity (Wildman–Crippen MR) is 76.4 cm³/mol. The maximum atomic E-state index is 12.0. The Morgan fingerprint density at radius 1 is 1.47 bits per heavy atom. The minimum atomic E-state index is -0.681. The number of hydrogen-bond donors (Lipinski definition) is 1. The van der Waals surface area contributed by atoms with E-state index in [1.807, 2.05) is 14.0 Å². The summed E-state index contributed by atoms with van der Waals surface area (Å²) in [4.78, 5) is 14.1. The van der Waals surface area contributed by atoms with Crippen molar-refractivity contribution in [2.45, 2.75) is 58.5 Å². The number of carbonyl (C=O) groups excluding carboxylic acids is 1. The van der Waals surface area contributed by atoms with Gasteiger partial charge in [-0.15, -0.1) is 0 Å². The van der Waals surface area contributed by atoms with Gasteiger partial charge in [0.1, 0.15) is 5.54 Å². The van der Waals surface area contributed by atoms with E-state index in [0.29, 0.717) is 24.4 Å². The third-order valence-corrected chi connectivity index (χ3v) is 3.98. The van der Waals surface area contributed by atoms with Crippen molar-refractivity contribution in [1.29, 1.82) is 5.26 Å². The summed E-state index contributed by atoms with van der Waals surface area (Å²) >= 11 is 0. The van der Waals surface area contributed by atoms with Crippen molar-refractivity contribution < 1.29 is 4.79 Å². The summed E-state index contributed by atoms with van der Waals surface area (Å²) in [5, 5.41) is 12.1. The lowest BCUT2D eigenvalue weighted by atomic mass is 9.98. The van der Waals surface area contributed by atoms with Crippen LogP contribution in [0.1, 0.15) is 47.0 Å². The molecule has 2 unspecified atom stereocenters. The Balaban J connectivity index is 2.44. The quantitative estimate of drug-likeness (QED) is 0.767. The van der Waals surface area contributed by atoms with Crippen LogP contribution >= 0.6 is 0 Å². The summed E-state index contributed by atoms with van der Waals surface area (Å²) in [6.07, 6.45) is 3.16. The zero-order valence-electron chi connectivity index (χ0n) is 12.9. The van der Waals surface area contributed by atoms with E-state index < -0.39 is 5.54 Å². The molecule has 1 fully saturated rings. The molecule has 108 valence electrons. The van der Waals surface area contributed by atoms with Crippen molar-refractivity contribution in [3.63, 3.8) is 0 Å². The van der Waals surface area contributed by atoms with Gasteiger partial charge in [-0.1, -0.05) is 13.8 Å². The first-order chi connectivity index (χ1) is 8.78. The van der Waals surface area contributed by atoms with Gasteiger partial charge in [0.25, 0.3) is 0 Å². The minimum absolute atomic E-state index is 0.0472. The molecule has 4 heteroatoms. The van der Waals surface area contributed by atoms with Gasteiger partial charge in [-0.25, -0.2) is 0 Å². The second-order valence-corrected chi connectivity index (χ2v) is 6.53. The molecule has 1 N–H and O–H groups in total. The molecule has 0 aliphatic heterocycles. The standard InChI is InChI=1S/C15H27N3O/c1-11(2)8-12(3)18(5)9-14(19)17-15(4,10-16)13-6-7-13/h11-13H,6-9H2,1-5H3,(H,17,19). The van der Waals surface area contributed by atoms with Gasteiger partial charge < -0.3 is 5.32 Å². The molecule has 1 aliphatic carbocycles. The van der Waals surface area contributed by atoms with Crippen LogP contribution in [0.5, 0.6) is 0 Å². The van der Waals surface area contributed by atoms with Crippen LogP contribution in [0.3, 0.4) is 0 Å². The first kappa shape index (κ1) is 16.0. The topological polar surface area (TPSA) is 56.1 Å². The lowest BCUT2D eigenvalue weighted by Gasteiger charge is -2.28. The summed E-state index contributed by atoms with van der Waals surface area (Å²) < 4.78 is 0. The van der Waals surface area contributed by atoms with E-state index in [2.05, 4.69) is 37.1 Å². The van der Waals surface area contributed by atoms with E-state index in [9.17, 15) is 10.1 Å². The van der Waals surface area contributed by atoms with E-state index in [1.165, 1.54) is 0 Å². The van der Waals surface area contributed by atoms with Crippen molar-refractivity contribution in [2.24, 2.45) is 11.8 Å². The van der Waals surface area contributed by atoms with Crippen molar-refractivity contribution in [3.8, 4) is 6.07 Å². The molecule has 0 bridgehead atoms. The van der Waals surface area contributed by atoms with Gasteiger partial charge in [0, 0.05) is 6.04 Å². The monoisotopic (exact) mass is 265 g/mol. The smallest absolute Gasteiger partial charge is 0.235 e. The Labute approximate surface area is 117 Å². The van der Waals surface area contributed by atoms with Crippen LogP contribution in [0.25, 0.3) is 0 Å². The lowest BCUT2D eigenvalue weighted by Crippen LogP contribution is -2.50. The fourth-order valence-electron chi connectivity index (χ4n) is 2.46. The number of amides is 1. The van der Waals surface area contributed by atoms with Crippen LogP contribution in [0.15, 0.2) is 0 Å². The van der Waals surface area contributed by atoms with Crippen LogP contribution in [-0.4, -0.2) is 36.0 Å². The summed E-state index contributed by atoms with van der Waals surface area (Å²) in [6.45, 7) is 8.70. The highest BCUT2D eigenvalue weighted by Gasteiger charge is 2.43. The molecule has 1 rings (SSSR count). The Bertz CT molecular complexity index is 357. The van der Waals surface area contributed by atoms with Gasteiger partial charge in [-0.2, -0.15) is 5.26 Å². The molecule has 0 saturated heterocycles. The van der Waals surface area contributed by atoms with E-state index in [0.717, 1.165) is 19.3 Å². The fraction of sp³-hybridized carbons (Fsp3) is 0.867. The first-order valence-corrected chi connectivity index (χ1v) is 7.21. The minimum Gasteiger partial charge on any atom is -0.337 e. The van der Waals surface area contributed by atoms with Crippen LogP contribution in [0.2, 0.25) is 0 Å². The normalized spacial score (nSPS) is 19.9. The Morgan fingerprint density at radius 2 is 2.05 bits per heavy atom. The number of hydrogen-bond acceptors (Lipinski definition) is 3. The van der Waals surface area contributed by atoms with Gasteiger partial charge in [-0.05, 0) is 52.0 Å². The average Bonchev–Trinajstić information content (AvgIpc) is 3.11. The maximum Gasteiger partial charge on any atom is 0.235 e. The number of rotatable bonds is 7. The van der Waals surface area contributed by atoms with Gasteiger partial charge >= 0.3 is 0 Å². The molecule has 0 spiro atoms. The van der Waals surface area contributed by atoms with Crippen molar-refractivity contribution >= 4 is 5.91 Å². The van der Waals surface area contributed by atoms with Gasteiger partial charge in [0.2, 0.25) is 5.91 Å². The lowest BCUT2D eigenvalue weighted by molar-refractivity contribution is -0.123. The van der Waals surface area contributed by atoms with Crippen molar-refractivity contribution in [3.05, 3.63) is 0 Å². The van der Waals surface area contributed by atoms with E-state index in [4.69, 9.17) is 0 Å². The molecule has 0 heterocycles. The third-order valence-electron chi connectivity index (χ3n) is 3.98. The average molecular weight is 265 g/mol. The molecule has 0 aromatic heterocycles. The largest absolute Gasteiger partial charge is 0.337 e. The molecule has 1 aliphatic rings. The van der Waals surface area contributed by atoms with Crippen LogP contribution in [0.4, 0.5) is 0 Å². The van der Waals surface area contributed by atoms with Crippen LogP contribution in [-0.2, 0) is 4.79 Å². The van der Waals surface area contributed by atoms with Crippen LogP contribution in [0, 0.1) is 23.2 Å². The highest BCUT2D eigenvalue weighted by molar-refractivity contribution is 5.79. The highest BCUT2D eigenvalue weighted by Crippen LogP contribution is 2.39. The van der Waals surface area contributed by atoms with Gasteiger partial charge in [0.15, 0.2) is 0 Å². The van der Waals surface area contributed by atoms with Crippen molar-refractivity contribution in [1.82, 2.24) is 10.2 Å². The molecule has 4 nitrogen and oxygen atoms in total. The Morgan fingerprint density at radius 3 is 2.47 bits per heavy atom. The second kappa shape index (κ2) is 6.38. The maximum absolute atomic E-state index is 12.0. The number of nitriles is 1. The molecule has 19 heavy (non-hydrogen) atoms. The molecule has 2 atom stereocenters. The van der Waals surface area contributed by atoms with Crippen molar-refractivity contribution in [2.75, 3.05) is 13.6 Å². The Hall–Kier alpha value is -1.08. The molecular formula is C15H27N3O. The first-order valence-electron chi connectivity index (χ1n) is 7.21. The molecule has 0 aromatic rings. The molecular weight excluding hydrogens is 238 g/mol. The number of nitrogens with one attached hydrogen (secondary N) is 1. The molecule has 0 aromatic carbocycles. The summed E-state index contributed by atoms with van der Waals surface area (Å²) in [6, 6.07) is 2.63. The molecule has 0 radical (unpaired) electrons. The fourth-order valence-corrected chi connectivity index (χ4v) is 2.46. The zero-order valence-corrected chi connectivity index (χ0v) is 12.9. The highest BCUT2D eigenvalue weighted by atomic mass is 16.2. The summed E-state index contributed by atoms with van der Waals surface area (Å²) in [5.41, 5.74) is -0.681. The molecule has 1 amide bonds. The number of nitrogens with zero attached hydrogens (tertiary/aromatic N) is 2. The van der Waals surface area contributed by atoms with Gasteiger partial charge in [-0.3, -0.25) is 9.69 Å². The summed E-state index contributed by atoms with van der Waals surface area (Å²) in [7, 11) is 1.97. The third kappa shape index (κ3) is 4.83.